The Balaban J connectivity index is 2.57. The first-order valence-electron chi connectivity index (χ1n) is 5.57. The molecule has 2 unspecified atom stereocenters. The fourth-order valence-electron chi connectivity index (χ4n) is 2.18. The molecule has 13 heavy (non-hydrogen) atoms. The van der Waals surface area contributed by atoms with E-state index in [1.165, 1.54) is 25.9 Å². The van der Waals surface area contributed by atoms with Crippen molar-refractivity contribution in [1.82, 2.24) is 4.90 Å². The minimum atomic E-state index is 0.245. The second-order valence-electron chi connectivity index (χ2n) is 4.75. The van der Waals surface area contributed by atoms with Gasteiger partial charge in [0.05, 0.1) is 0 Å². The zero-order valence-corrected chi connectivity index (χ0v) is 9.34. The topological polar surface area (TPSA) is 29.3 Å². The minimum Gasteiger partial charge on any atom is -0.329 e. The Bertz CT molecular complexity index is 152. The molecule has 1 rings (SSSR count). The van der Waals surface area contributed by atoms with Gasteiger partial charge in [-0.1, -0.05) is 13.8 Å². The standard InChI is InChI=1S/C11H24N2/c1-4-11(3,9-12)13-7-5-6-10(2)8-13/h10H,4-9,12H2,1-3H3. The molecule has 1 heterocycles. The van der Waals surface area contributed by atoms with Crippen LogP contribution >= 0.6 is 0 Å². The maximum Gasteiger partial charge on any atom is 0.0301 e. The predicted octanol–water partition coefficient (Wildman–Crippen LogP) is 1.85. The molecule has 2 heteroatoms. The third-order valence-electron chi connectivity index (χ3n) is 3.62. The van der Waals surface area contributed by atoms with Crippen LogP contribution in [0.2, 0.25) is 0 Å². The molecule has 2 atom stereocenters. The van der Waals surface area contributed by atoms with Gasteiger partial charge >= 0.3 is 0 Å². The Morgan fingerprint density at radius 1 is 1.54 bits per heavy atom. The van der Waals surface area contributed by atoms with Crippen LogP contribution in [-0.4, -0.2) is 30.1 Å². The Morgan fingerprint density at radius 2 is 2.23 bits per heavy atom. The molecule has 2 N–H and O–H groups in total. The normalized spacial score (nSPS) is 30.0. The summed E-state index contributed by atoms with van der Waals surface area (Å²) in [6.07, 6.45) is 3.90. The Kier molecular flexibility index (Phi) is 3.74. The van der Waals surface area contributed by atoms with Crippen LogP contribution in [0.25, 0.3) is 0 Å². The van der Waals surface area contributed by atoms with E-state index in [9.17, 15) is 0 Å². The molecule has 0 aromatic heterocycles. The van der Waals surface area contributed by atoms with Crippen LogP contribution in [0.1, 0.15) is 40.0 Å². The molecule has 1 saturated heterocycles. The van der Waals surface area contributed by atoms with E-state index in [1.54, 1.807) is 0 Å². The van der Waals surface area contributed by atoms with E-state index in [0.717, 1.165) is 18.9 Å². The molecule has 0 spiro atoms. The molecule has 1 aliphatic rings. The average Bonchev–Trinajstić information content (AvgIpc) is 2.17. The summed E-state index contributed by atoms with van der Waals surface area (Å²) in [5.74, 6) is 0.853. The Labute approximate surface area is 82.5 Å². The van der Waals surface area contributed by atoms with Gasteiger partial charge in [0.2, 0.25) is 0 Å². The van der Waals surface area contributed by atoms with Crippen molar-refractivity contribution in [2.45, 2.75) is 45.6 Å². The number of nitrogens with two attached hydrogens (primary N) is 1. The highest BCUT2D eigenvalue weighted by atomic mass is 15.2. The molecular weight excluding hydrogens is 160 g/mol. The number of nitrogens with zero attached hydrogens (tertiary/aromatic N) is 1. The van der Waals surface area contributed by atoms with Gasteiger partial charge in [0.15, 0.2) is 0 Å². The van der Waals surface area contributed by atoms with E-state index >= 15 is 0 Å². The number of hydrogen-bond acceptors (Lipinski definition) is 2. The molecule has 0 saturated carbocycles. The zero-order valence-electron chi connectivity index (χ0n) is 9.34. The number of likely N-dealkylation sites (tertiary alicyclic amines) is 1. The molecular formula is C11H24N2. The lowest BCUT2D eigenvalue weighted by Gasteiger charge is -2.44. The first kappa shape index (κ1) is 11.0. The van der Waals surface area contributed by atoms with Crippen molar-refractivity contribution in [3.8, 4) is 0 Å². The Hall–Kier alpha value is -0.0800. The van der Waals surface area contributed by atoms with Gasteiger partial charge in [-0.25, -0.2) is 0 Å². The third kappa shape index (κ3) is 2.44. The van der Waals surface area contributed by atoms with Gasteiger partial charge in [0.25, 0.3) is 0 Å². The molecule has 2 nitrogen and oxygen atoms in total. The van der Waals surface area contributed by atoms with E-state index in [2.05, 4.69) is 25.7 Å². The molecule has 1 fully saturated rings. The summed E-state index contributed by atoms with van der Waals surface area (Å²) in [4.78, 5) is 2.58. The largest absolute Gasteiger partial charge is 0.329 e. The van der Waals surface area contributed by atoms with Gasteiger partial charge in [0, 0.05) is 18.6 Å². The highest BCUT2D eigenvalue weighted by Crippen LogP contribution is 2.25. The zero-order chi connectivity index (χ0) is 9.90. The highest BCUT2D eigenvalue weighted by molar-refractivity contribution is 4.88. The van der Waals surface area contributed by atoms with Gasteiger partial charge in [-0.05, 0) is 38.6 Å². The van der Waals surface area contributed by atoms with Crippen molar-refractivity contribution in [3.63, 3.8) is 0 Å². The molecule has 0 bridgehead atoms. The Morgan fingerprint density at radius 3 is 2.69 bits per heavy atom. The molecule has 1 aliphatic heterocycles. The summed E-state index contributed by atoms with van der Waals surface area (Å²) in [7, 11) is 0. The lowest BCUT2D eigenvalue weighted by Crippen LogP contribution is -2.54. The smallest absolute Gasteiger partial charge is 0.0301 e. The minimum absolute atomic E-state index is 0.245. The maximum atomic E-state index is 5.85. The van der Waals surface area contributed by atoms with E-state index < -0.39 is 0 Å². The van der Waals surface area contributed by atoms with Crippen molar-refractivity contribution in [2.24, 2.45) is 11.7 Å². The summed E-state index contributed by atoms with van der Waals surface area (Å²) >= 11 is 0. The summed E-state index contributed by atoms with van der Waals surface area (Å²) in [6.45, 7) is 10.2. The maximum absolute atomic E-state index is 5.85. The summed E-state index contributed by atoms with van der Waals surface area (Å²) in [6, 6.07) is 0. The summed E-state index contributed by atoms with van der Waals surface area (Å²) < 4.78 is 0. The fraction of sp³-hybridized carbons (Fsp3) is 1.00. The summed E-state index contributed by atoms with van der Waals surface area (Å²) in [5.41, 5.74) is 6.10. The molecule has 78 valence electrons. The van der Waals surface area contributed by atoms with Crippen LogP contribution in [0.5, 0.6) is 0 Å². The van der Waals surface area contributed by atoms with Crippen molar-refractivity contribution >= 4 is 0 Å². The van der Waals surface area contributed by atoms with Crippen LogP contribution in [0.4, 0.5) is 0 Å². The predicted molar refractivity (Wildman–Crippen MR) is 57.7 cm³/mol. The lowest BCUT2D eigenvalue weighted by atomic mass is 9.90. The van der Waals surface area contributed by atoms with Gasteiger partial charge < -0.3 is 5.73 Å². The van der Waals surface area contributed by atoms with Crippen molar-refractivity contribution in [1.29, 1.82) is 0 Å². The highest BCUT2D eigenvalue weighted by Gasteiger charge is 2.31. The van der Waals surface area contributed by atoms with Crippen molar-refractivity contribution < 1.29 is 0 Å². The number of rotatable bonds is 3. The van der Waals surface area contributed by atoms with Crippen LogP contribution in [0, 0.1) is 5.92 Å². The molecule has 0 amide bonds. The average molecular weight is 184 g/mol. The number of hydrogen-bond donors (Lipinski definition) is 1. The molecule has 0 aromatic carbocycles. The molecule has 0 aromatic rings. The van der Waals surface area contributed by atoms with E-state index in [0.29, 0.717) is 0 Å². The van der Waals surface area contributed by atoms with E-state index in [1.807, 2.05) is 0 Å². The van der Waals surface area contributed by atoms with Crippen molar-refractivity contribution in [2.75, 3.05) is 19.6 Å². The quantitative estimate of drug-likeness (QED) is 0.725. The van der Waals surface area contributed by atoms with Crippen LogP contribution in [0.3, 0.4) is 0 Å². The molecule has 0 radical (unpaired) electrons. The SMILES string of the molecule is CCC(C)(CN)N1CCCC(C)C1. The second kappa shape index (κ2) is 4.43. The van der Waals surface area contributed by atoms with Gasteiger partial charge in [-0.2, -0.15) is 0 Å². The van der Waals surface area contributed by atoms with Crippen LogP contribution in [-0.2, 0) is 0 Å². The third-order valence-corrected chi connectivity index (χ3v) is 3.62. The monoisotopic (exact) mass is 184 g/mol. The van der Waals surface area contributed by atoms with E-state index in [-0.39, 0.29) is 5.54 Å². The molecule has 0 aliphatic carbocycles. The van der Waals surface area contributed by atoms with Crippen LogP contribution in [0.15, 0.2) is 0 Å². The first-order valence-corrected chi connectivity index (χ1v) is 5.57. The van der Waals surface area contributed by atoms with Gasteiger partial charge in [0.1, 0.15) is 0 Å². The fourth-order valence-corrected chi connectivity index (χ4v) is 2.18. The lowest BCUT2D eigenvalue weighted by molar-refractivity contribution is 0.0613. The first-order chi connectivity index (χ1) is 6.12. The van der Waals surface area contributed by atoms with Crippen molar-refractivity contribution in [3.05, 3.63) is 0 Å². The second-order valence-corrected chi connectivity index (χ2v) is 4.75. The van der Waals surface area contributed by atoms with Crippen LogP contribution < -0.4 is 5.73 Å². The summed E-state index contributed by atoms with van der Waals surface area (Å²) in [5, 5.41) is 0. The number of piperidine rings is 1. The van der Waals surface area contributed by atoms with Gasteiger partial charge in [-0.15, -0.1) is 0 Å². The van der Waals surface area contributed by atoms with E-state index in [4.69, 9.17) is 5.73 Å². The van der Waals surface area contributed by atoms with Gasteiger partial charge in [-0.3, -0.25) is 4.90 Å².